The van der Waals surface area contributed by atoms with Gasteiger partial charge in [0.05, 0.1) is 11.4 Å². The Morgan fingerprint density at radius 1 is 1.12 bits per heavy atom. The monoisotopic (exact) mass is 477 g/mol. The molecule has 8 heteroatoms. The topological polar surface area (TPSA) is 95.5 Å². The third-order valence-electron chi connectivity index (χ3n) is 5.63. The van der Waals surface area contributed by atoms with Crippen LogP contribution >= 0.6 is 11.3 Å². The molecule has 0 aliphatic heterocycles. The van der Waals surface area contributed by atoms with E-state index in [1.807, 2.05) is 59.6 Å². The van der Waals surface area contributed by atoms with Gasteiger partial charge in [-0.1, -0.05) is 50.2 Å². The van der Waals surface area contributed by atoms with Crippen molar-refractivity contribution >= 4 is 34.3 Å². The largest absolute Gasteiger partial charge is 0.512 e. The summed E-state index contributed by atoms with van der Waals surface area (Å²) in [6.07, 6.45) is 1.94. The summed E-state index contributed by atoms with van der Waals surface area (Å²) in [6, 6.07) is 17.0. The number of nitrogens with zero attached hydrogens (tertiary/aromatic N) is 2. The first-order valence-corrected chi connectivity index (χ1v) is 12.1. The lowest BCUT2D eigenvalue weighted by atomic mass is 10.0. The number of carboxylic acid groups (broad SMARTS) is 1. The molecule has 1 amide bonds. The number of benzene rings is 2. The predicted octanol–water partition coefficient (Wildman–Crippen LogP) is 6.15. The van der Waals surface area contributed by atoms with E-state index in [1.165, 1.54) is 11.3 Å². The molecular formula is C26H27N3O4S. The average molecular weight is 478 g/mol. The van der Waals surface area contributed by atoms with E-state index in [4.69, 9.17) is 9.84 Å². The number of ether oxygens (including phenoxy) is 1. The van der Waals surface area contributed by atoms with E-state index in [0.717, 1.165) is 16.5 Å². The average Bonchev–Trinajstić information content (AvgIpc) is 3.45. The van der Waals surface area contributed by atoms with Crippen molar-refractivity contribution in [3.05, 3.63) is 82.3 Å². The third kappa shape index (κ3) is 5.46. The highest BCUT2D eigenvalue weighted by Crippen LogP contribution is 2.34. The number of aromatic nitrogens is 2. The van der Waals surface area contributed by atoms with Crippen molar-refractivity contribution in [3.8, 4) is 5.88 Å². The molecule has 1 unspecified atom stereocenters. The van der Waals surface area contributed by atoms with Crippen LogP contribution in [0.2, 0.25) is 0 Å². The summed E-state index contributed by atoms with van der Waals surface area (Å²) in [4.78, 5) is 34.3. The Kier molecular flexibility index (Phi) is 7.27. The summed E-state index contributed by atoms with van der Waals surface area (Å²) in [5, 5.41) is 12.3. The zero-order valence-corrected chi connectivity index (χ0v) is 19.9. The number of hydrogen-bond donors (Lipinski definition) is 2. The lowest BCUT2D eigenvalue weighted by molar-refractivity contribution is 0.0654. The van der Waals surface area contributed by atoms with Crippen LogP contribution in [0.3, 0.4) is 0 Å². The second-order valence-corrected chi connectivity index (χ2v) is 9.40. The van der Waals surface area contributed by atoms with Crippen LogP contribution in [0.1, 0.15) is 47.2 Å². The smallest absolute Gasteiger partial charge is 0.449 e. The molecule has 0 radical (unpaired) electrons. The van der Waals surface area contributed by atoms with Crippen molar-refractivity contribution in [2.45, 2.75) is 32.7 Å². The molecule has 4 rings (SSSR count). The van der Waals surface area contributed by atoms with Crippen molar-refractivity contribution in [1.82, 2.24) is 14.9 Å². The van der Waals surface area contributed by atoms with Crippen molar-refractivity contribution in [1.29, 1.82) is 0 Å². The van der Waals surface area contributed by atoms with Crippen LogP contribution in [0.4, 0.5) is 4.79 Å². The van der Waals surface area contributed by atoms with Gasteiger partial charge in [0.1, 0.15) is 5.01 Å². The van der Waals surface area contributed by atoms with Gasteiger partial charge in [0.25, 0.3) is 5.91 Å². The molecule has 0 bridgehead atoms. The molecule has 2 aromatic heterocycles. The summed E-state index contributed by atoms with van der Waals surface area (Å²) in [7, 11) is 0. The number of aromatic amines is 1. The number of rotatable bonds is 9. The van der Waals surface area contributed by atoms with Gasteiger partial charge in [-0.25, -0.2) is 9.78 Å². The highest BCUT2D eigenvalue weighted by Gasteiger charge is 2.29. The quantitative estimate of drug-likeness (QED) is 0.282. The molecule has 0 saturated heterocycles. The van der Waals surface area contributed by atoms with E-state index in [2.05, 4.69) is 29.9 Å². The minimum atomic E-state index is -1.41. The van der Waals surface area contributed by atoms with E-state index in [-0.39, 0.29) is 23.7 Å². The molecule has 0 saturated carbocycles. The Balaban J connectivity index is 1.68. The highest BCUT2D eigenvalue weighted by atomic mass is 32.1. The maximum Gasteiger partial charge on any atom is 0.512 e. The summed E-state index contributed by atoms with van der Waals surface area (Å²) >= 11 is 1.31. The minimum Gasteiger partial charge on any atom is -0.449 e. The van der Waals surface area contributed by atoms with Gasteiger partial charge >= 0.3 is 6.16 Å². The van der Waals surface area contributed by atoms with E-state index < -0.39 is 6.16 Å². The fourth-order valence-electron chi connectivity index (χ4n) is 4.09. The van der Waals surface area contributed by atoms with Crippen molar-refractivity contribution in [2.75, 3.05) is 6.54 Å². The Bertz CT molecular complexity index is 1270. The molecule has 176 valence electrons. The van der Waals surface area contributed by atoms with Crippen LogP contribution in [0.25, 0.3) is 10.9 Å². The fourth-order valence-corrected chi connectivity index (χ4v) is 4.94. The predicted molar refractivity (Wildman–Crippen MR) is 132 cm³/mol. The Morgan fingerprint density at radius 2 is 1.85 bits per heavy atom. The van der Waals surface area contributed by atoms with Crippen LogP contribution in [-0.4, -0.2) is 38.6 Å². The van der Waals surface area contributed by atoms with Gasteiger partial charge in [-0.05, 0) is 42.5 Å². The number of thiazole rings is 1. The van der Waals surface area contributed by atoms with Gasteiger partial charge < -0.3 is 19.7 Å². The zero-order chi connectivity index (χ0) is 24.1. The molecule has 4 aromatic rings. The summed E-state index contributed by atoms with van der Waals surface area (Å²) in [6.45, 7) is 4.68. The first-order chi connectivity index (χ1) is 16.4. The van der Waals surface area contributed by atoms with Gasteiger partial charge in [-0.2, -0.15) is 0 Å². The fraction of sp³-hybridized carbons (Fsp3) is 0.269. The molecule has 2 heterocycles. The normalized spacial score (nSPS) is 12.1. The molecule has 7 nitrogen and oxygen atoms in total. The van der Waals surface area contributed by atoms with E-state index in [1.54, 1.807) is 5.38 Å². The first kappa shape index (κ1) is 23.5. The maximum atomic E-state index is 13.7. The summed E-state index contributed by atoms with van der Waals surface area (Å²) < 4.78 is 4.75. The van der Waals surface area contributed by atoms with Crippen LogP contribution in [0, 0.1) is 5.92 Å². The highest BCUT2D eigenvalue weighted by molar-refractivity contribution is 7.09. The number of nitrogens with one attached hydrogen (secondary N) is 1. The molecule has 2 aromatic carbocycles. The molecular weight excluding hydrogens is 450 g/mol. The molecule has 0 aliphatic rings. The molecule has 34 heavy (non-hydrogen) atoms. The van der Waals surface area contributed by atoms with Gasteiger partial charge in [-0.3, -0.25) is 4.79 Å². The molecule has 1 atom stereocenters. The van der Waals surface area contributed by atoms with E-state index >= 15 is 0 Å². The molecule has 2 N–H and O–H groups in total. The number of para-hydroxylation sites is 1. The lowest BCUT2D eigenvalue weighted by Gasteiger charge is -2.32. The number of H-pyrrole nitrogens is 1. The molecule has 0 spiro atoms. The number of hydrogen-bond acceptors (Lipinski definition) is 5. The molecule has 0 fully saturated rings. The molecule has 0 aliphatic carbocycles. The van der Waals surface area contributed by atoms with Crippen molar-refractivity contribution in [3.63, 3.8) is 0 Å². The summed E-state index contributed by atoms with van der Waals surface area (Å²) in [5.74, 6) is 0.240. The third-order valence-corrected chi connectivity index (χ3v) is 6.55. The lowest BCUT2D eigenvalue weighted by Crippen LogP contribution is -2.37. The summed E-state index contributed by atoms with van der Waals surface area (Å²) in [5.41, 5.74) is 2.81. The van der Waals surface area contributed by atoms with E-state index in [0.29, 0.717) is 30.0 Å². The van der Waals surface area contributed by atoms with E-state index in [9.17, 15) is 9.59 Å². The Hall–Kier alpha value is -3.65. The number of amides is 1. The second-order valence-electron chi connectivity index (χ2n) is 8.51. The van der Waals surface area contributed by atoms with Gasteiger partial charge in [0.15, 0.2) is 0 Å². The number of carbonyl (C=O) groups excluding carboxylic acids is 1. The van der Waals surface area contributed by atoms with Gasteiger partial charge in [0.2, 0.25) is 5.88 Å². The minimum absolute atomic E-state index is 0.0324. The standard InChI is InChI=1S/C26H27N3O4S/c1-17(2)14-22(24-28-23(16-34-24)33-26(31)32)29(25(30)18-8-4-3-5-9-18)13-12-19-15-27-21-11-7-6-10-20(19)21/h3-11,15-17,22,27H,12-14H2,1-2H3,(H,31,32). The number of carbonyl (C=O) groups is 2. The Morgan fingerprint density at radius 3 is 2.59 bits per heavy atom. The van der Waals surface area contributed by atoms with Gasteiger partial charge in [0, 0.05) is 29.2 Å². The number of fused-ring (bicyclic) bond motifs is 1. The van der Waals surface area contributed by atoms with Crippen LogP contribution < -0.4 is 4.74 Å². The SMILES string of the molecule is CC(C)CC(c1nc(OC(=O)O)cs1)N(CCc1c[nH]c2ccccc12)C(=O)c1ccccc1. The van der Waals surface area contributed by atoms with Crippen LogP contribution in [-0.2, 0) is 6.42 Å². The van der Waals surface area contributed by atoms with Crippen LogP contribution in [0.15, 0.2) is 66.2 Å². The zero-order valence-electron chi connectivity index (χ0n) is 19.1. The Labute approximate surface area is 202 Å². The van der Waals surface area contributed by atoms with Crippen molar-refractivity contribution in [2.24, 2.45) is 5.92 Å². The van der Waals surface area contributed by atoms with Gasteiger partial charge in [-0.15, -0.1) is 11.3 Å². The first-order valence-electron chi connectivity index (χ1n) is 11.2. The van der Waals surface area contributed by atoms with Crippen molar-refractivity contribution < 1.29 is 19.4 Å². The second kappa shape index (κ2) is 10.5. The maximum absolute atomic E-state index is 13.7. The van der Waals surface area contributed by atoms with Crippen LogP contribution in [0.5, 0.6) is 5.88 Å².